The SMILES string of the molecule is NCCCCCC(=O)Nc1ccccc1C(=O)NC1CC1. The van der Waals surface area contributed by atoms with Crippen LogP contribution in [0.2, 0.25) is 0 Å². The quantitative estimate of drug-likeness (QED) is 0.640. The second kappa shape index (κ2) is 7.78. The van der Waals surface area contributed by atoms with E-state index in [4.69, 9.17) is 5.73 Å². The van der Waals surface area contributed by atoms with Crippen molar-refractivity contribution in [3.05, 3.63) is 29.8 Å². The molecule has 2 rings (SSSR count). The highest BCUT2D eigenvalue weighted by Gasteiger charge is 2.24. The number of nitrogens with two attached hydrogens (primary N) is 1. The molecule has 0 unspecified atom stereocenters. The first-order chi connectivity index (χ1) is 10.2. The zero-order valence-corrected chi connectivity index (χ0v) is 12.2. The summed E-state index contributed by atoms with van der Waals surface area (Å²) in [4.78, 5) is 24.0. The minimum atomic E-state index is -0.114. The van der Waals surface area contributed by atoms with Gasteiger partial charge in [0.05, 0.1) is 11.3 Å². The van der Waals surface area contributed by atoms with E-state index in [1.54, 1.807) is 18.2 Å². The molecule has 2 amide bonds. The third kappa shape index (κ3) is 5.19. The molecule has 1 aromatic carbocycles. The van der Waals surface area contributed by atoms with E-state index < -0.39 is 0 Å². The predicted octanol–water partition coefficient (Wildman–Crippen LogP) is 2.04. The van der Waals surface area contributed by atoms with E-state index in [9.17, 15) is 9.59 Å². The van der Waals surface area contributed by atoms with Crippen LogP contribution in [0.5, 0.6) is 0 Å². The first kappa shape index (κ1) is 15.5. The van der Waals surface area contributed by atoms with E-state index >= 15 is 0 Å². The van der Waals surface area contributed by atoms with Gasteiger partial charge in [0, 0.05) is 12.5 Å². The van der Waals surface area contributed by atoms with Crippen LogP contribution in [0.3, 0.4) is 0 Å². The Hall–Kier alpha value is -1.88. The summed E-state index contributed by atoms with van der Waals surface area (Å²) in [5, 5.41) is 5.77. The molecule has 114 valence electrons. The van der Waals surface area contributed by atoms with Gasteiger partial charge in [-0.1, -0.05) is 18.6 Å². The average molecular weight is 289 g/mol. The number of amides is 2. The summed E-state index contributed by atoms with van der Waals surface area (Å²) in [6.45, 7) is 0.659. The molecule has 0 heterocycles. The van der Waals surface area contributed by atoms with Crippen LogP contribution in [0.4, 0.5) is 5.69 Å². The number of anilines is 1. The van der Waals surface area contributed by atoms with Gasteiger partial charge in [-0.25, -0.2) is 0 Å². The number of carbonyl (C=O) groups excluding carboxylic acids is 2. The number of unbranched alkanes of at least 4 members (excludes halogenated alkanes) is 2. The molecule has 1 saturated carbocycles. The van der Waals surface area contributed by atoms with Crippen LogP contribution in [0.15, 0.2) is 24.3 Å². The zero-order chi connectivity index (χ0) is 15.1. The maximum Gasteiger partial charge on any atom is 0.253 e. The second-order valence-electron chi connectivity index (χ2n) is 5.44. The van der Waals surface area contributed by atoms with Gasteiger partial charge in [-0.2, -0.15) is 0 Å². The molecular weight excluding hydrogens is 266 g/mol. The molecule has 21 heavy (non-hydrogen) atoms. The van der Waals surface area contributed by atoms with Crippen LogP contribution in [-0.2, 0) is 4.79 Å². The fraction of sp³-hybridized carbons (Fsp3) is 0.500. The average Bonchev–Trinajstić information content (AvgIpc) is 3.28. The maximum absolute atomic E-state index is 12.1. The molecule has 0 radical (unpaired) electrons. The molecule has 1 aliphatic carbocycles. The molecule has 0 aliphatic heterocycles. The van der Waals surface area contributed by atoms with Gasteiger partial charge in [0.2, 0.25) is 5.91 Å². The van der Waals surface area contributed by atoms with Gasteiger partial charge in [0.25, 0.3) is 5.91 Å². The summed E-state index contributed by atoms with van der Waals surface area (Å²) in [5.74, 6) is -0.171. The van der Waals surface area contributed by atoms with Crippen LogP contribution in [0.25, 0.3) is 0 Å². The van der Waals surface area contributed by atoms with E-state index in [0.717, 1.165) is 32.1 Å². The van der Waals surface area contributed by atoms with Crippen molar-refractivity contribution in [3.63, 3.8) is 0 Å². The van der Waals surface area contributed by atoms with Crippen molar-refractivity contribution in [2.24, 2.45) is 5.73 Å². The van der Waals surface area contributed by atoms with Crippen molar-refractivity contribution >= 4 is 17.5 Å². The van der Waals surface area contributed by atoms with Crippen molar-refractivity contribution in [1.29, 1.82) is 0 Å². The second-order valence-corrected chi connectivity index (χ2v) is 5.44. The molecule has 5 heteroatoms. The largest absolute Gasteiger partial charge is 0.349 e. The minimum absolute atomic E-state index is 0.0568. The Balaban J connectivity index is 1.89. The number of benzene rings is 1. The lowest BCUT2D eigenvalue weighted by molar-refractivity contribution is -0.116. The third-order valence-corrected chi connectivity index (χ3v) is 3.47. The van der Waals surface area contributed by atoms with Crippen molar-refractivity contribution < 1.29 is 9.59 Å². The Morgan fingerprint density at radius 1 is 1.14 bits per heavy atom. The Kier molecular flexibility index (Phi) is 5.75. The molecule has 0 atom stereocenters. The summed E-state index contributed by atoms with van der Waals surface area (Å²) >= 11 is 0. The highest BCUT2D eigenvalue weighted by Crippen LogP contribution is 2.21. The van der Waals surface area contributed by atoms with Crippen molar-refractivity contribution in [2.45, 2.75) is 44.6 Å². The summed E-state index contributed by atoms with van der Waals surface area (Å²) in [7, 11) is 0. The summed E-state index contributed by atoms with van der Waals surface area (Å²) in [5.41, 5.74) is 6.53. The number of para-hydroxylation sites is 1. The fourth-order valence-electron chi connectivity index (χ4n) is 2.10. The van der Waals surface area contributed by atoms with Gasteiger partial charge >= 0.3 is 0 Å². The van der Waals surface area contributed by atoms with Gasteiger partial charge in [-0.05, 0) is 44.4 Å². The van der Waals surface area contributed by atoms with Gasteiger partial charge < -0.3 is 16.4 Å². The molecule has 0 saturated heterocycles. The number of hydrogen-bond donors (Lipinski definition) is 3. The molecule has 0 spiro atoms. The van der Waals surface area contributed by atoms with E-state index in [2.05, 4.69) is 10.6 Å². The van der Waals surface area contributed by atoms with Crippen molar-refractivity contribution in [1.82, 2.24) is 5.32 Å². The van der Waals surface area contributed by atoms with E-state index in [1.165, 1.54) is 0 Å². The molecule has 4 N–H and O–H groups in total. The van der Waals surface area contributed by atoms with Gasteiger partial charge in [-0.15, -0.1) is 0 Å². The first-order valence-electron chi connectivity index (χ1n) is 7.60. The molecule has 1 fully saturated rings. The zero-order valence-electron chi connectivity index (χ0n) is 12.2. The van der Waals surface area contributed by atoms with Gasteiger partial charge in [0.15, 0.2) is 0 Å². The van der Waals surface area contributed by atoms with Crippen LogP contribution in [0, 0.1) is 0 Å². The third-order valence-electron chi connectivity index (χ3n) is 3.47. The predicted molar refractivity (Wildman–Crippen MR) is 83.1 cm³/mol. The van der Waals surface area contributed by atoms with Gasteiger partial charge in [-0.3, -0.25) is 9.59 Å². The lowest BCUT2D eigenvalue weighted by atomic mass is 10.1. The maximum atomic E-state index is 12.1. The Labute approximate surface area is 125 Å². The molecule has 1 aromatic rings. The molecule has 0 bridgehead atoms. The van der Waals surface area contributed by atoms with Crippen LogP contribution >= 0.6 is 0 Å². The monoisotopic (exact) mass is 289 g/mol. The van der Waals surface area contributed by atoms with Crippen molar-refractivity contribution in [3.8, 4) is 0 Å². The Morgan fingerprint density at radius 2 is 1.90 bits per heavy atom. The van der Waals surface area contributed by atoms with E-state index in [1.807, 2.05) is 6.07 Å². The highest BCUT2D eigenvalue weighted by atomic mass is 16.2. The fourth-order valence-corrected chi connectivity index (χ4v) is 2.10. The molecule has 1 aliphatic rings. The van der Waals surface area contributed by atoms with Crippen molar-refractivity contribution in [2.75, 3.05) is 11.9 Å². The van der Waals surface area contributed by atoms with E-state index in [-0.39, 0.29) is 11.8 Å². The summed E-state index contributed by atoms with van der Waals surface area (Å²) < 4.78 is 0. The number of carbonyl (C=O) groups is 2. The molecular formula is C16H23N3O2. The highest BCUT2D eigenvalue weighted by molar-refractivity contribution is 6.03. The lowest BCUT2D eigenvalue weighted by Gasteiger charge is -2.11. The first-order valence-corrected chi connectivity index (χ1v) is 7.60. The Bertz CT molecular complexity index is 498. The molecule has 0 aromatic heterocycles. The van der Waals surface area contributed by atoms with Gasteiger partial charge in [0.1, 0.15) is 0 Å². The number of rotatable bonds is 8. The lowest BCUT2D eigenvalue weighted by Crippen LogP contribution is -2.26. The molecule has 5 nitrogen and oxygen atoms in total. The van der Waals surface area contributed by atoms with E-state index in [0.29, 0.717) is 30.3 Å². The Morgan fingerprint density at radius 3 is 2.62 bits per heavy atom. The van der Waals surface area contributed by atoms with Crippen LogP contribution in [0.1, 0.15) is 48.9 Å². The normalized spacial score (nSPS) is 13.8. The standard InChI is InChI=1S/C16H23N3O2/c17-11-5-1-2-8-15(20)19-14-7-4-3-6-13(14)16(21)18-12-9-10-12/h3-4,6-7,12H,1-2,5,8-11,17H2,(H,18,21)(H,19,20). The number of nitrogens with one attached hydrogen (secondary N) is 2. The van der Waals surface area contributed by atoms with Crippen LogP contribution in [-0.4, -0.2) is 24.4 Å². The topological polar surface area (TPSA) is 84.2 Å². The van der Waals surface area contributed by atoms with Crippen LogP contribution < -0.4 is 16.4 Å². The minimum Gasteiger partial charge on any atom is -0.349 e. The summed E-state index contributed by atoms with van der Waals surface area (Å²) in [6.07, 6.45) is 5.25. The smallest absolute Gasteiger partial charge is 0.253 e. The number of hydrogen-bond acceptors (Lipinski definition) is 3. The summed E-state index contributed by atoms with van der Waals surface area (Å²) in [6, 6.07) is 7.43.